The van der Waals surface area contributed by atoms with E-state index in [2.05, 4.69) is 20.6 Å². The molecule has 0 bridgehead atoms. The second kappa shape index (κ2) is 7.83. The van der Waals surface area contributed by atoms with Crippen molar-refractivity contribution in [1.29, 1.82) is 0 Å². The Bertz CT molecular complexity index is 992. The monoisotopic (exact) mass is 378 g/mol. The molecule has 3 aromatic rings. The van der Waals surface area contributed by atoms with Gasteiger partial charge < -0.3 is 24.8 Å². The van der Waals surface area contributed by atoms with Gasteiger partial charge >= 0.3 is 0 Å². The minimum Gasteiger partial charge on any atom is -0.494 e. The van der Waals surface area contributed by atoms with Gasteiger partial charge in [-0.15, -0.1) is 0 Å². The maximum absolute atomic E-state index is 12.5. The molecule has 0 fully saturated rings. The van der Waals surface area contributed by atoms with E-state index in [9.17, 15) is 4.79 Å². The number of benzene rings is 2. The molecular weight excluding hydrogens is 360 g/mol. The predicted molar refractivity (Wildman–Crippen MR) is 103 cm³/mol. The van der Waals surface area contributed by atoms with Gasteiger partial charge in [0.25, 0.3) is 5.91 Å². The van der Waals surface area contributed by atoms with Crippen molar-refractivity contribution in [2.75, 3.05) is 24.0 Å². The van der Waals surface area contributed by atoms with Crippen molar-refractivity contribution in [3.8, 4) is 17.2 Å². The third-order valence-electron chi connectivity index (χ3n) is 3.97. The summed E-state index contributed by atoms with van der Waals surface area (Å²) in [4.78, 5) is 20.7. The van der Waals surface area contributed by atoms with Crippen LogP contribution in [-0.2, 0) is 0 Å². The molecule has 0 spiro atoms. The number of nitrogens with one attached hydrogen (secondary N) is 2. The van der Waals surface area contributed by atoms with Crippen LogP contribution in [0, 0.1) is 0 Å². The van der Waals surface area contributed by atoms with Gasteiger partial charge in [-0.05, 0) is 43.3 Å². The van der Waals surface area contributed by atoms with Gasteiger partial charge in [-0.25, -0.2) is 9.97 Å². The number of rotatable bonds is 6. The van der Waals surface area contributed by atoms with Gasteiger partial charge in [0.2, 0.25) is 6.79 Å². The van der Waals surface area contributed by atoms with Crippen LogP contribution in [0.25, 0.3) is 0 Å². The lowest BCUT2D eigenvalue weighted by molar-refractivity contribution is 0.102. The van der Waals surface area contributed by atoms with Crippen LogP contribution in [-0.4, -0.2) is 29.3 Å². The molecule has 142 valence electrons. The Morgan fingerprint density at radius 3 is 2.64 bits per heavy atom. The smallest absolute Gasteiger partial charge is 0.274 e. The molecule has 0 unspecified atom stereocenters. The number of ether oxygens (including phenoxy) is 3. The molecule has 1 amide bonds. The Balaban J connectivity index is 1.44. The number of nitrogens with zero attached hydrogens (tertiary/aromatic N) is 2. The van der Waals surface area contributed by atoms with E-state index in [4.69, 9.17) is 14.2 Å². The van der Waals surface area contributed by atoms with Crippen LogP contribution in [0.2, 0.25) is 0 Å². The highest BCUT2D eigenvalue weighted by Crippen LogP contribution is 2.34. The van der Waals surface area contributed by atoms with Crippen LogP contribution in [0.4, 0.5) is 17.2 Å². The van der Waals surface area contributed by atoms with E-state index in [0.29, 0.717) is 29.6 Å². The summed E-state index contributed by atoms with van der Waals surface area (Å²) in [5, 5.41) is 5.93. The fraction of sp³-hybridized carbons (Fsp3) is 0.150. The topological polar surface area (TPSA) is 94.6 Å². The largest absolute Gasteiger partial charge is 0.494 e. The quantitative estimate of drug-likeness (QED) is 0.677. The van der Waals surface area contributed by atoms with Gasteiger partial charge in [-0.2, -0.15) is 0 Å². The first-order chi connectivity index (χ1) is 13.7. The fourth-order valence-electron chi connectivity index (χ4n) is 2.67. The molecule has 2 aromatic carbocycles. The van der Waals surface area contributed by atoms with E-state index < -0.39 is 0 Å². The highest BCUT2D eigenvalue weighted by atomic mass is 16.7. The lowest BCUT2D eigenvalue weighted by atomic mass is 10.2. The zero-order chi connectivity index (χ0) is 19.3. The number of aromatic nitrogens is 2. The molecule has 8 heteroatoms. The predicted octanol–water partition coefficient (Wildman–Crippen LogP) is 3.60. The van der Waals surface area contributed by atoms with E-state index in [0.717, 1.165) is 11.4 Å². The summed E-state index contributed by atoms with van der Waals surface area (Å²) in [5.41, 5.74) is 1.66. The molecule has 2 heterocycles. The number of carbonyl (C=O) groups excluding carboxylic acids is 1. The first kappa shape index (κ1) is 17.6. The normalized spacial score (nSPS) is 11.8. The van der Waals surface area contributed by atoms with E-state index in [1.807, 2.05) is 25.1 Å². The molecule has 0 saturated heterocycles. The molecule has 8 nitrogen and oxygen atoms in total. The van der Waals surface area contributed by atoms with Crippen molar-refractivity contribution < 1.29 is 19.0 Å². The molecule has 0 atom stereocenters. The van der Waals surface area contributed by atoms with E-state index >= 15 is 0 Å². The molecule has 1 aliphatic rings. The zero-order valence-electron chi connectivity index (χ0n) is 15.1. The third-order valence-corrected chi connectivity index (χ3v) is 3.97. The highest BCUT2D eigenvalue weighted by Gasteiger charge is 2.14. The van der Waals surface area contributed by atoms with E-state index in [1.54, 1.807) is 30.3 Å². The lowest BCUT2D eigenvalue weighted by Crippen LogP contribution is -2.14. The summed E-state index contributed by atoms with van der Waals surface area (Å²) in [5.74, 6) is 2.26. The van der Waals surface area contributed by atoms with Crippen LogP contribution in [0.15, 0.2) is 54.9 Å². The molecule has 0 saturated carbocycles. The average Bonchev–Trinajstić information content (AvgIpc) is 3.18. The molecule has 0 radical (unpaired) electrons. The summed E-state index contributed by atoms with van der Waals surface area (Å²) >= 11 is 0. The third kappa shape index (κ3) is 3.96. The number of fused-ring (bicyclic) bond motifs is 1. The van der Waals surface area contributed by atoms with Crippen LogP contribution >= 0.6 is 0 Å². The summed E-state index contributed by atoms with van der Waals surface area (Å²) in [6.45, 7) is 2.72. The van der Waals surface area contributed by atoms with Crippen molar-refractivity contribution in [1.82, 2.24) is 9.97 Å². The molecule has 4 rings (SSSR count). The fourth-order valence-corrected chi connectivity index (χ4v) is 2.67. The summed E-state index contributed by atoms with van der Waals surface area (Å²) in [6, 6.07) is 14.2. The second-order valence-electron chi connectivity index (χ2n) is 5.89. The zero-order valence-corrected chi connectivity index (χ0v) is 15.1. The van der Waals surface area contributed by atoms with Crippen LogP contribution in [0.1, 0.15) is 17.4 Å². The van der Waals surface area contributed by atoms with Crippen molar-refractivity contribution >= 4 is 23.1 Å². The van der Waals surface area contributed by atoms with Crippen molar-refractivity contribution in [2.45, 2.75) is 6.92 Å². The van der Waals surface area contributed by atoms with Crippen LogP contribution in [0.3, 0.4) is 0 Å². The minimum absolute atomic E-state index is 0.210. The highest BCUT2D eigenvalue weighted by molar-refractivity contribution is 6.03. The van der Waals surface area contributed by atoms with Gasteiger partial charge in [0.1, 0.15) is 23.6 Å². The first-order valence-electron chi connectivity index (χ1n) is 8.74. The Hall–Kier alpha value is -3.81. The average molecular weight is 378 g/mol. The van der Waals surface area contributed by atoms with Gasteiger partial charge in [0, 0.05) is 23.5 Å². The van der Waals surface area contributed by atoms with Crippen molar-refractivity contribution in [3.05, 3.63) is 60.6 Å². The number of hydrogen-bond acceptors (Lipinski definition) is 7. The molecule has 1 aliphatic heterocycles. The minimum atomic E-state index is -0.333. The number of amides is 1. The van der Waals surface area contributed by atoms with Gasteiger partial charge in [0.15, 0.2) is 11.5 Å². The Morgan fingerprint density at radius 1 is 1.04 bits per heavy atom. The second-order valence-corrected chi connectivity index (χ2v) is 5.89. The molecule has 0 aliphatic carbocycles. The first-order valence-corrected chi connectivity index (χ1v) is 8.74. The maximum Gasteiger partial charge on any atom is 0.274 e. The lowest BCUT2D eigenvalue weighted by Gasteiger charge is -2.09. The Kier molecular flexibility index (Phi) is 4.92. The van der Waals surface area contributed by atoms with Gasteiger partial charge in [0.05, 0.1) is 6.61 Å². The summed E-state index contributed by atoms with van der Waals surface area (Å²) in [6.07, 6.45) is 1.34. The SMILES string of the molecule is CCOc1ccc(NC(=O)c2cc(Nc3ccc4c(c3)OCO4)ncn2)cc1. The maximum atomic E-state index is 12.5. The number of anilines is 3. The summed E-state index contributed by atoms with van der Waals surface area (Å²) < 4.78 is 16.0. The molecular formula is C20H18N4O4. The van der Waals surface area contributed by atoms with Crippen molar-refractivity contribution in [2.24, 2.45) is 0 Å². The van der Waals surface area contributed by atoms with E-state index in [1.165, 1.54) is 6.33 Å². The van der Waals surface area contributed by atoms with Crippen LogP contribution in [0.5, 0.6) is 17.2 Å². The number of hydrogen-bond donors (Lipinski definition) is 2. The summed E-state index contributed by atoms with van der Waals surface area (Å²) in [7, 11) is 0. The Morgan fingerprint density at radius 2 is 1.82 bits per heavy atom. The van der Waals surface area contributed by atoms with Gasteiger partial charge in [-0.1, -0.05) is 0 Å². The van der Waals surface area contributed by atoms with Crippen molar-refractivity contribution in [3.63, 3.8) is 0 Å². The van der Waals surface area contributed by atoms with E-state index in [-0.39, 0.29) is 18.4 Å². The Labute approximate surface area is 161 Å². The molecule has 2 N–H and O–H groups in total. The van der Waals surface area contributed by atoms with Gasteiger partial charge in [-0.3, -0.25) is 4.79 Å². The standard InChI is InChI=1S/C20H18N4O4/c1-2-26-15-6-3-13(4-7-15)24-20(25)16-10-19(22-11-21-16)23-14-5-8-17-18(9-14)28-12-27-17/h3-11H,2,12H2,1H3,(H,24,25)(H,21,22,23). The molecule has 1 aromatic heterocycles. The number of carbonyl (C=O) groups is 1. The van der Waals surface area contributed by atoms with Crippen LogP contribution < -0.4 is 24.8 Å². The molecule has 28 heavy (non-hydrogen) atoms.